The van der Waals surface area contributed by atoms with Gasteiger partial charge in [-0.15, -0.1) is 0 Å². The van der Waals surface area contributed by atoms with Gasteiger partial charge >= 0.3 is 0 Å². The van der Waals surface area contributed by atoms with Gasteiger partial charge in [-0.1, -0.05) is 18.2 Å². The average molecular weight is 292 g/mol. The van der Waals surface area contributed by atoms with E-state index in [9.17, 15) is 0 Å². The molecule has 4 nitrogen and oxygen atoms in total. The van der Waals surface area contributed by atoms with E-state index in [1.165, 1.54) is 16.8 Å². The summed E-state index contributed by atoms with van der Waals surface area (Å²) in [7, 11) is 2.13. The molecule has 0 aliphatic rings. The van der Waals surface area contributed by atoms with Crippen LogP contribution in [0.3, 0.4) is 0 Å². The molecule has 0 bridgehead atoms. The summed E-state index contributed by atoms with van der Waals surface area (Å²) in [6.45, 7) is 3.84. The van der Waals surface area contributed by atoms with Crippen LogP contribution >= 0.6 is 0 Å². The highest BCUT2D eigenvalue weighted by Gasteiger charge is 2.09. The quantitative estimate of drug-likeness (QED) is 0.724. The first-order chi connectivity index (χ1) is 10.7. The van der Waals surface area contributed by atoms with Crippen molar-refractivity contribution in [3.05, 3.63) is 77.9 Å². The molecule has 0 atom stereocenters. The van der Waals surface area contributed by atoms with Crippen LogP contribution in [-0.2, 0) is 13.1 Å². The van der Waals surface area contributed by atoms with Crippen molar-refractivity contribution >= 4 is 0 Å². The van der Waals surface area contributed by atoms with E-state index in [1.54, 1.807) is 0 Å². The maximum absolute atomic E-state index is 4.44. The molecule has 0 N–H and O–H groups in total. The topological polar surface area (TPSA) is 34.0 Å². The Morgan fingerprint density at radius 3 is 2.59 bits per heavy atom. The number of pyridine rings is 1. The van der Waals surface area contributed by atoms with Gasteiger partial charge in [-0.25, -0.2) is 4.68 Å². The van der Waals surface area contributed by atoms with Gasteiger partial charge in [-0.2, -0.15) is 5.10 Å². The summed E-state index contributed by atoms with van der Waals surface area (Å²) in [6.07, 6.45) is 5.62. The van der Waals surface area contributed by atoms with E-state index in [-0.39, 0.29) is 0 Å². The minimum Gasteiger partial charge on any atom is -0.296 e. The van der Waals surface area contributed by atoms with Gasteiger partial charge < -0.3 is 0 Å². The molecule has 0 aliphatic carbocycles. The molecule has 0 fully saturated rings. The van der Waals surface area contributed by atoms with Crippen molar-refractivity contribution in [2.45, 2.75) is 20.0 Å². The fourth-order valence-corrected chi connectivity index (χ4v) is 2.56. The Kier molecular flexibility index (Phi) is 4.30. The SMILES string of the molecule is Cc1cnccc1CN(C)Cc1ccnn1-c1ccccc1. The van der Waals surface area contributed by atoms with Crippen LogP contribution in [-0.4, -0.2) is 26.7 Å². The van der Waals surface area contributed by atoms with Gasteiger partial charge in [0.2, 0.25) is 0 Å². The van der Waals surface area contributed by atoms with Gasteiger partial charge in [0, 0.05) is 31.7 Å². The number of benzene rings is 1. The molecule has 0 unspecified atom stereocenters. The third-order valence-corrected chi connectivity index (χ3v) is 3.73. The van der Waals surface area contributed by atoms with E-state index in [1.807, 2.05) is 41.5 Å². The highest BCUT2D eigenvalue weighted by molar-refractivity contribution is 5.32. The summed E-state index contributed by atoms with van der Waals surface area (Å²) in [5.41, 5.74) is 4.81. The van der Waals surface area contributed by atoms with Gasteiger partial charge in [-0.05, 0) is 49.4 Å². The van der Waals surface area contributed by atoms with Crippen molar-refractivity contribution in [2.24, 2.45) is 0 Å². The van der Waals surface area contributed by atoms with Crippen molar-refractivity contribution in [1.82, 2.24) is 19.7 Å². The Balaban J connectivity index is 1.74. The lowest BCUT2D eigenvalue weighted by Gasteiger charge is -2.18. The monoisotopic (exact) mass is 292 g/mol. The molecule has 3 rings (SSSR count). The van der Waals surface area contributed by atoms with Crippen molar-refractivity contribution in [3.8, 4) is 5.69 Å². The molecule has 2 heterocycles. The van der Waals surface area contributed by atoms with E-state index < -0.39 is 0 Å². The van der Waals surface area contributed by atoms with E-state index in [2.05, 4.69) is 53.2 Å². The third-order valence-electron chi connectivity index (χ3n) is 3.73. The van der Waals surface area contributed by atoms with Crippen LogP contribution in [0.2, 0.25) is 0 Å². The second kappa shape index (κ2) is 6.54. The zero-order valence-corrected chi connectivity index (χ0v) is 13.0. The van der Waals surface area contributed by atoms with Gasteiger partial charge in [0.15, 0.2) is 0 Å². The highest BCUT2D eigenvalue weighted by Crippen LogP contribution is 2.14. The van der Waals surface area contributed by atoms with E-state index >= 15 is 0 Å². The molecular formula is C18H20N4. The number of aromatic nitrogens is 3. The molecule has 22 heavy (non-hydrogen) atoms. The van der Waals surface area contributed by atoms with E-state index in [0.29, 0.717) is 0 Å². The summed E-state index contributed by atoms with van der Waals surface area (Å²) in [6, 6.07) is 14.4. The number of para-hydroxylation sites is 1. The largest absolute Gasteiger partial charge is 0.296 e. The van der Waals surface area contributed by atoms with Gasteiger partial charge in [-0.3, -0.25) is 9.88 Å². The van der Waals surface area contributed by atoms with E-state index in [0.717, 1.165) is 18.8 Å². The Labute approximate surface area is 131 Å². The number of nitrogens with zero attached hydrogens (tertiary/aromatic N) is 4. The van der Waals surface area contributed by atoms with Crippen LogP contribution in [0, 0.1) is 6.92 Å². The van der Waals surface area contributed by atoms with Crippen LogP contribution in [0.5, 0.6) is 0 Å². The van der Waals surface area contributed by atoms with Crippen molar-refractivity contribution in [1.29, 1.82) is 0 Å². The lowest BCUT2D eigenvalue weighted by Crippen LogP contribution is -2.20. The summed E-state index contributed by atoms with van der Waals surface area (Å²) in [5, 5.41) is 4.44. The number of hydrogen-bond donors (Lipinski definition) is 0. The van der Waals surface area contributed by atoms with Gasteiger partial charge in [0.25, 0.3) is 0 Å². The van der Waals surface area contributed by atoms with E-state index in [4.69, 9.17) is 0 Å². The van der Waals surface area contributed by atoms with Crippen LogP contribution < -0.4 is 0 Å². The molecule has 3 aromatic rings. The molecule has 0 aliphatic heterocycles. The fourth-order valence-electron chi connectivity index (χ4n) is 2.56. The Bertz CT molecular complexity index is 734. The minimum absolute atomic E-state index is 0.844. The number of rotatable bonds is 5. The van der Waals surface area contributed by atoms with Crippen LogP contribution in [0.25, 0.3) is 5.69 Å². The maximum atomic E-state index is 4.44. The molecular weight excluding hydrogens is 272 g/mol. The second-order valence-corrected chi connectivity index (χ2v) is 5.54. The minimum atomic E-state index is 0.844. The van der Waals surface area contributed by atoms with Crippen molar-refractivity contribution in [2.75, 3.05) is 7.05 Å². The summed E-state index contributed by atoms with van der Waals surface area (Å²) < 4.78 is 2.00. The zero-order valence-electron chi connectivity index (χ0n) is 13.0. The predicted octanol–water partition coefficient (Wildman–Crippen LogP) is 3.21. The standard InChI is InChI=1S/C18H20N4/c1-15-12-19-10-8-16(15)13-21(2)14-18-9-11-20-22(18)17-6-4-3-5-7-17/h3-12H,13-14H2,1-2H3. The predicted molar refractivity (Wildman–Crippen MR) is 87.7 cm³/mol. The first-order valence-corrected chi connectivity index (χ1v) is 7.40. The summed E-state index contributed by atoms with van der Waals surface area (Å²) in [5.74, 6) is 0. The Hall–Kier alpha value is -2.46. The first-order valence-electron chi connectivity index (χ1n) is 7.40. The second-order valence-electron chi connectivity index (χ2n) is 5.54. The summed E-state index contributed by atoms with van der Waals surface area (Å²) >= 11 is 0. The molecule has 0 saturated carbocycles. The average Bonchev–Trinajstić information content (AvgIpc) is 2.98. The molecule has 4 heteroatoms. The normalized spacial score (nSPS) is 11.0. The van der Waals surface area contributed by atoms with Crippen LogP contribution in [0.4, 0.5) is 0 Å². The molecule has 0 saturated heterocycles. The first kappa shape index (κ1) is 14.5. The molecule has 1 aromatic carbocycles. The number of hydrogen-bond acceptors (Lipinski definition) is 3. The molecule has 0 amide bonds. The van der Waals surface area contributed by atoms with Crippen LogP contribution in [0.15, 0.2) is 61.1 Å². The van der Waals surface area contributed by atoms with Gasteiger partial charge in [0.1, 0.15) is 0 Å². The summed E-state index contributed by atoms with van der Waals surface area (Å²) in [4.78, 5) is 6.44. The maximum Gasteiger partial charge on any atom is 0.0649 e. The Morgan fingerprint density at radius 2 is 1.82 bits per heavy atom. The van der Waals surface area contributed by atoms with Gasteiger partial charge in [0.05, 0.1) is 11.4 Å². The zero-order chi connectivity index (χ0) is 15.4. The lowest BCUT2D eigenvalue weighted by molar-refractivity contribution is 0.311. The molecule has 112 valence electrons. The molecule has 0 spiro atoms. The molecule has 2 aromatic heterocycles. The fraction of sp³-hybridized carbons (Fsp3) is 0.222. The smallest absolute Gasteiger partial charge is 0.0649 e. The molecule has 0 radical (unpaired) electrons. The van der Waals surface area contributed by atoms with Crippen LogP contribution in [0.1, 0.15) is 16.8 Å². The van der Waals surface area contributed by atoms with Crippen molar-refractivity contribution < 1.29 is 0 Å². The lowest BCUT2D eigenvalue weighted by atomic mass is 10.1. The van der Waals surface area contributed by atoms with Crippen molar-refractivity contribution in [3.63, 3.8) is 0 Å². The number of aryl methyl sites for hydroxylation is 1. The highest BCUT2D eigenvalue weighted by atomic mass is 15.3. The Morgan fingerprint density at radius 1 is 1.00 bits per heavy atom. The third kappa shape index (κ3) is 3.23.